The zero-order valence-corrected chi connectivity index (χ0v) is 12.1. The zero-order chi connectivity index (χ0) is 14.8. The summed E-state index contributed by atoms with van der Waals surface area (Å²) >= 11 is 0. The van der Waals surface area contributed by atoms with Crippen molar-refractivity contribution in [1.29, 1.82) is 0 Å². The minimum atomic E-state index is -0.101. The Bertz CT molecular complexity index is 734. The molecule has 0 aliphatic carbocycles. The molecule has 21 heavy (non-hydrogen) atoms. The fraction of sp³-hybridized carbons (Fsp3) is 0.294. The smallest absolute Gasteiger partial charge is 0.253 e. The largest absolute Gasteiger partial charge is 0.311 e. The van der Waals surface area contributed by atoms with Crippen LogP contribution in [0.5, 0.6) is 0 Å². The molecule has 0 spiro atoms. The molecule has 0 saturated heterocycles. The summed E-state index contributed by atoms with van der Waals surface area (Å²) in [6.45, 7) is 2.57. The summed E-state index contributed by atoms with van der Waals surface area (Å²) in [5, 5.41) is 0. The molecule has 0 atom stereocenters. The Hall–Kier alpha value is -2.36. The lowest BCUT2D eigenvalue weighted by molar-refractivity contribution is -0.119. The Balaban J connectivity index is 1.87. The number of hydrogen-bond acceptors (Lipinski definition) is 2. The number of carbonyl (C=O) groups excluding carboxylic acids is 1. The van der Waals surface area contributed by atoms with Crippen LogP contribution < -0.4 is 10.5 Å². The summed E-state index contributed by atoms with van der Waals surface area (Å²) in [5.74, 6) is -0.0325. The second-order valence-corrected chi connectivity index (χ2v) is 5.40. The highest BCUT2D eigenvalue weighted by Gasteiger charge is 2.22. The van der Waals surface area contributed by atoms with Crippen LogP contribution in [-0.4, -0.2) is 17.0 Å². The topological polar surface area (TPSA) is 42.3 Å². The monoisotopic (exact) mass is 282 g/mol. The van der Waals surface area contributed by atoms with Crippen LogP contribution >= 0.6 is 0 Å². The average molecular weight is 282 g/mol. The lowest BCUT2D eigenvalue weighted by Gasteiger charge is -2.29. The molecule has 0 unspecified atom stereocenters. The molecule has 1 aliphatic heterocycles. The molecule has 3 rings (SSSR count). The van der Waals surface area contributed by atoms with Gasteiger partial charge in [-0.05, 0) is 37.5 Å². The second-order valence-electron chi connectivity index (χ2n) is 5.40. The molecule has 0 fully saturated rings. The second kappa shape index (κ2) is 5.56. The predicted octanol–water partition coefficient (Wildman–Crippen LogP) is 2.14. The number of aryl methyl sites for hydroxylation is 2. The predicted molar refractivity (Wildman–Crippen MR) is 82.6 cm³/mol. The molecule has 4 heteroatoms. The van der Waals surface area contributed by atoms with Gasteiger partial charge in [0.15, 0.2) is 0 Å². The van der Waals surface area contributed by atoms with Gasteiger partial charge >= 0.3 is 0 Å². The number of nitrogens with zero attached hydrogens (tertiary/aromatic N) is 2. The Morgan fingerprint density at radius 2 is 2.00 bits per heavy atom. The fourth-order valence-corrected chi connectivity index (χ4v) is 2.81. The van der Waals surface area contributed by atoms with Gasteiger partial charge in [-0.1, -0.05) is 24.3 Å². The molecule has 1 aromatic carbocycles. The van der Waals surface area contributed by atoms with Crippen molar-refractivity contribution in [2.24, 2.45) is 0 Å². The van der Waals surface area contributed by atoms with Gasteiger partial charge in [0.1, 0.15) is 6.54 Å². The van der Waals surface area contributed by atoms with Gasteiger partial charge < -0.3 is 9.47 Å². The summed E-state index contributed by atoms with van der Waals surface area (Å²) in [6.07, 6.45) is 3.64. The lowest BCUT2D eigenvalue weighted by Crippen LogP contribution is -2.39. The van der Waals surface area contributed by atoms with E-state index < -0.39 is 0 Å². The number of anilines is 1. The van der Waals surface area contributed by atoms with Crippen molar-refractivity contribution in [3.63, 3.8) is 0 Å². The Kier molecular flexibility index (Phi) is 3.60. The highest BCUT2D eigenvalue weighted by molar-refractivity contribution is 5.94. The first-order valence-electron chi connectivity index (χ1n) is 7.21. The minimum absolute atomic E-state index is 0.0325. The first-order chi connectivity index (χ1) is 10.2. The van der Waals surface area contributed by atoms with Crippen molar-refractivity contribution in [2.45, 2.75) is 26.3 Å². The molecule has 0 saturated carbocycles. The highest BCUT2D eigenvalue weighted by atomic mass is 16.2. The zero-order valence-electron chi connectivity index (χ0n) is 12.1. The van der Waals surface area contributed by atoms with Crippen LogP contribution in [0, 0.1) is 6.92 Å². The number of carbonyl (C=O) groups is 1. The molecule has 108 valence electrons. The summed E-state index contributed by atoms with van der Waals surface area (Å²) in [4.78, 5) is 26.4. The number of para-hydroxylation sites is 1. The van der Waals surface area contributed by atoms with E-state index in [9.17, 15) is 9.59 Å². The van der Waals surface area contributed by atoms with E-state index in [2.05, 4.69) is 6.07 Å². The van der Waals surface area contributed by atoms with Crippen molar-refractivity contribution in [3.8, 4) is 0 Å². The minimum Gasteiger partial charge on any atom is -0.311 e. The molecule has 0 N–H and O–H groups in total. The lowest BCUT2D eigenvalue weighted by atomic mass is 10.0. The maximum Gasteiger partial charge on any atom is 0.253 e. The molecule has 1 amide bonds. The van der Waals surface area contributed by atoms with Crippen LogP contribution in [-0.2, 0) is 17.8 Å². The summed E-state index contributed by atoms with van der Waals surface area (Å²) in [6, 6.07) is 11.5. The van der Waals surface area contributed by atoms with Gasteiger partial charge in [-0.3, -0.25) is 9.59 Å². The van der Waals surface area contributed by atoms with Gasteiger partial charge in [0, 0.05) is 24.0 Å². The van der Waals surface area contributed by atoms with Crippen LogP contribution in [0.2, 0.25) is 0 Å². The van der Waals surface area contributed by atoms with Crippen LogP contribution in [0.25, 0.3) is 0 Å². The highest BCUT2D eigenvalue weighted by Crippen LogP contribution is 2.26. The van der Waals surface area contributed by atoms with Gasteiger partial charge in [-0.15, -0.1) is 0 Å². The number of aromatic nitrogens is 1. The van der Waals surface area contributed by atoms with Crippen LogP contribution in [0.4, 0.5) is 5.69 Å². The van der Waals surface area contributed by atoms with Crippen LogP contribution in [0.15, 0.2) is 47.4 Å². The van der Waals surface area contributed by atoms with E-state index >= 15 is 0 Å². The standard InChI is InChI=1S/C17H18N2O2/c1-13-6-4-10-18(17(13)21)12-16(20)19-11-5-8-14-7-2-3-9-15(14)19/h2-4,6-7,9-10H,5,8,11-12H2,1H3. The van der Waals surface area contributed by atoms with Gasteiger partial charge in [0.25, 0.3) is 5.56 Å². The first-order valence-corrected chi connectivity index (χ1v) is 7.21. The molecule has 2 aromatic rings. The summed E-state index contributed by atoms with van der Waals surface area (Å²) in [5.41, 5.74) is 2.74. The van der Waals surface area contributed by atoms with E-state index in [4.69, 9.17) is 0 Å². The van der Waals surface area contributed by atoms with Gasteiger partial charge in [-0.25, -0.2) is 0 Å². The number of rotatable bonds is 2. The van der Waals surface area contributed by atoms with Crippen molar-refractivity contribution >= 4 is 11.6 Å². The number of pyridine rings is 1. The van der Waals surface area contributed by atoms with Gasteiger partial charge in [0.2, 0.25) is 5.91 Å². The average Bonchev–Trinajstić information content (AvgIpc) is 2.51. The Morgan fingerprint density at radius 3 is 2.86 bits per heavy atom. The number of amides is 1. The van der Waals surface area contributed by atoms with Crippen LogP contribution in [0.3, 0.4) is 0 Å². The van der Waals surface area contributed by atoms with E-state index in [1.165, 1.54) is 10.1 Å². The Morgan fingerprint density at radius 1 is 1.19 bits per heavy atom. The van der Waals surface area contributed by atoms with E-state index in [1.54, 1.807) is 30.2 Å². The SMILES string of the molecule is Cc1cccn(CC(=O)N2CCCc3ccccc32)c1=O. The number of benzene rings is 1. The molecule has 4 nitrogen and oxygen atoms in total. The molecule has 0 radical (unpaired) electrons. The van der Waals surface area contributed by atoms with E-state index in [1.807, 2.05) is 18.2 Å². The van der Waals surface area contributed by atoms with E-state index in [-0.39, 0.29) is 18.0 Å². The van der Waals surface area contributed by atoms with Gasteiger partial charge in [0.05, 0.1) is 0 Å². The molecule has 1 aromatic heterocycles. The third-order valence-electron chi connectivity index (χ3n) is 3.93. The van der Waals surface area contributed by atoms with Crippen molar-refractivity contribution in [3.05, 3.63) is 64.1 Å². The van der Waals surface area contributed by atoms with Gasteiger partial charge in [-0.2, -0.15) is 0 Å². The Labute approximate surface area is 123 Å². The molecular formula is C17H18N2O2. The molecular weight excluding hydrogens is 264 g/mol. The van der Waals surface area contributed by atoms with Crippen molar-refractivity contribution in [1.82, 2.24) is 4.57 Å². The third-order valence-corrected chi connectivity index (χ3v) is 3.93. The normalized spacial score (nSPS) is 13.9. The quantitative estimate of drug-likeness (QED) is 0.847. The summed E-state index contributed by atoms with van der Waals surface area (Å²) in [7, 11) is 0. The fourth-order valence-electron chi connectivity index (χ4n) is 2.81. The van der Waals surface area contributed by atoms with E-state index in [0.717, 1.165) is 25.1 Å². The van der Waals surface area contributed by atoms with Crippen LogP contribution in [0.1, 0.15) is 17.5 Å². The van der Waals surface area contributed by atoms with Crippen molar-refractivity contribution < 1.29 is 4.79 Å². The summed E-state index contributed by atoms with van der Waals surface area (Å²) < 4.78 is 1.48. The number of fused-ring (bicyclic) bond motifs is 1. The first kappa shape index (κ1) is 13.6. The maximum absolute atomic E-state index is 12.6. The number of hydrogen-bond donors (Lipinski definition) is 0. The molecule has 2 heterocycles. The third kappa shape index (κ3) is 2.61. The van der Waals surface area contributed by atoms with E-state index in [0.29, 0.717) is 5.56 Å². The molecule has 1 aliphatic rings. The maximum atomic E-state index is 12.6. The van der Waals surface area contributed by atoms with Crippen molar-refractivity contribution in [2.75, 3.05) is 11.4 Å². The molecule has 0 bridgehead atoms.